The number of carbonyl (C=O) groups is 1. The van der Waals surface area contributed by atoms with Crippen LogP contribution in [-0.2, 0) is 19.6 Å². The zero-order valence-electron chi connectivity index (χ0n) is 11.3. The summed E-state index contributed by atoms with van der Waals surface area (Å²) in [5.41, 5.74) is 0.934. The summed E-state index contributed by atoms with van der Waals surface area (Å²) >= 11 is 0. The minimum absolute atomic E-state index is 0.0299. The van der Waals surface area contributed by atoms with Gasteiger partial charge in [-0.15, -0.1) is 0 Å². The second-order valence-electron chi connectivity index (χ2n) is 4.85. The Morgan fingerprint density at radius 3 is 2.60 bits per heavy atom. The number of nitrogens with two attached hydrogens (primary N) is 1. The molecule has 20 heavy (non-hydrogen) atoms. The average Bonchev–Trinajstić information content (AvgIpc) is 2.40. The molecule has 0 spiro atoms. The summed E-state index contributed by atoms with van der Waals surface area (Å²) in [5.74, 6) is -0.204. The van der Waals surface area contributed by atoms with Crippen molar-refractivity contribution in [3.8, 4) is 0 Å². The van der Waals surface area contributed by atoms with E-state index in [2.05, 4.69) is 5.32 Å². The van der Waals surface area contributed by atoms with Gasteiger partial charge in [0.1, 0.15) is 0 Å². The smallest absolute Gasteiger partial charge is 0.238 e. The molecule has 0 atom stereocenters. The maximum Gasteiger partial charge on any atom is 0.238 e. The molecule has 7 heteroatoms. The van der Waals surface area contributed by atoms with E-state index in [1.807, 2.05) is 0 Å². The van der Waals surface area contributed by atoms with Crippen molar-refractivity contribution in [2.75, 3.05) is 18.5 Å². The molecule has 1 aromatic carbocycles. The van der Waals surface area contributed by atoms with Gasteiger partial charge in [0.15, 0.2) is 0 Å². The van der Waals surface area contributed by atoms with Crippen LogP contribution < -0.4 is 10.5 Å². The third-order valence-corrected chi connectivity index (χ3v) is 4.50. The highest BCUT2D eigenvalue weighted by Gasteiger charge is 2.23. The Hall–Kier alpha value is -1.44. The van der Waals surface area contributed by atoms with Crippen molar-refractivity contribution >= 4 is 21.6 Å². The largest absolute Gasteiger partial charge is 0.381 e. The average molecular weight is 298 g/mol. The fraction of sp³-hybridized carbons (Fsp3) is 0.462. The molecule has 1 heterocycles. The molecular weight excluding hydrogens is 280 g/mol. The molecule has 0 aliphatic carbocycles. The molecule has 0 radical (unpaired) electrons. The summed E-state index contributed by atoms with van der Waals surface area (Å²) in [6.45, 7) is 2.78. The van der Waals surface area contributed by atoms with Gasteiger partial charge in [-0.3, -0.25) is 4.79 Å². The highest BCUT2D eigenvalue weighted by Crippen LogP contribution is 2.24. The molecule has 2 rings (SSSR count). The molecule has 6 nitrogen and oxygen atoms in total. The lowest BCUT2D eigenvalue weighted by Gasteiger charge is -2.22. The molecule has 1 saturated heterocycles. The number of sulfonamides is 1. The first-order chi connectivity index (χ1) is 9.39. The van der Waals surface area contributed by atoms with E-state index in [1.165, 1.54) is 6.07 Å². The molecule has 1 fully saturated rings. The van der Waals surface area contributed by atoms with Crippen LogP contribution in [0.25, 0.3) is 0 Å². The first-order valence-electron chi connectivity index (χ1n) is 6.40. The molecule has 0 unspecified atom stereocenters. The maximum atomic E-state index is 12.1. The number of hydrogen-bond donors (Lipinski definition) is 2. The van der Waals surface area contributed by atoms with Crippen molar-refractivity contribution in [1.82, 2.24) is 0 Å². The van der Waals surface area contributed by atoms with Crippen LogP contribution in [0.2, 0.25) is 0 Å². The Morgan fingerprint density at radius 2 is 2.00 bits per heavy atom. The number of hydrogen-bond acceptors (Lipinski definition) is 4. The Balaban J connectivity index is 2.19. The fourth-order valence-electron chi connectivity index (χ4n) is 2.25. The van der Waals surface area contributed by atoms with E-state index in [-0.39, 0.29) is 16.7 Å². The van der Waals surface area contributed by atoms with Gasteiger partial charge in [0, 0.05) is 24.8 Å². The molecule has 1 amide bonds. The van der Waals surface area contributed by atoms with Gasteiger partial charge in [-0.25, -0.2) is 13.6 Å². The number of amides is 1. The molecule has 1 aromatic rings. The van der Waals surface area contributed by atoms with Gasteiger partial charge in [0.05, 0.1) is 4.90 Å². The molecule has 0 bridgehead atoms. The Bertz CT molecular complexity index is 607. The minimum Gasteiger partial charge on any atom is -0.381 e. The number of benzene rings is 1. The SMILES string of the molecule is Cc1c(NC(=O)C2CCOCC2)cccc1S(N)(=O)=O. The van der Waals surface area contributed by atoms with Crippen LogP contribution in [0.15, 0.2) is 23.1 Å². The van der Waals surface area contributed by atoms with E-state index in [0.29, 0.717) is 37.3 Å². The summed E-state index contributed by atoms with van der Waals surface area (Å²) < 4.78 is 28.1. The summed E-state index contributed by atoms with van der Waals surface area (Å²) in [6, 6.07) is 4.66. The van der Waals surface area contributed by atoms with Gasteiger partial charge in [-0.1, -0.05) is 6.07 Å². The van der Waals surface area contributed by atoms with E-state index in [9.17, 15) is 13.2 Å². The predicted molar refractivity (Wildman–Crippen MR) is 74.7 cm³/mol. The van der Waals surface area contributed by atoms with Gasteiger partial charge in [0.25, 0.3) is 0 Å². The summed E-state index contributed by atoms with van der Waals surface area (Å²) in [7, 11) is -3.79. The lowest BCUT2D eigenvalue weighted by atomic mass is 9.99. The zero-order valence-corrected chi connectivity index (χ0v) is 12.1. The van der Waals surface area contributed by atoms with Crippen molar-refractivity contribution in [3.63, 3.8) is 0 Å². The predicted octanol–water partition coefficient (Wildman–Crippen LogP) is 1.01. The Kier molecular flexibility index (Phi) is 4.42. The summed E-state index contributed by atoms with van der Waals surface area (Å²) in [4.78, 5) is 12.2. The highest BCUT2D eigenvalue weighted by molar-refractivity contribution is 7.89. The third-order valence-electron chi connectivity index (χ3n) is 3.44. The summed E-state index contributed by atoms with van der Waals surface area (Å²) in [6.07, 6.45) is 1.36. The zero-order chi connectivity index (χ0) is 14.8. The van der Waals surface area contributed by atoms with Gasteiger partial charge in [0.2, 0.25) is 15.9 Å². The van der Waals surface area contributed by atoms with E-state index < -0.39 is 10.0 Å². The van der Waals surface area contributed by atoms with Crippen LogP contribution in [0.4, 0.5) is 5.69 Å². The highest BCUT2D eigenvalue weighted by atomic mass is 32.2. The lowest BCUT2D eigenvalue weighted by molar-refractivity contribution is -0.122. The van der Waals surface area contributed by atoms with Crippen molar-refractivity contribution in [1.29, 1.82) is 0 Å². The molecule has 110 valence electrons. The van der Waals surface area contributed by atoms with Crippen LogP contribution in [-0.4, -0.2) is 27.5 Å². The fourth-order valence-corrected chi connectivity index (χ4v) is 3.06. The van der Waals surface area contributed by atoms with E-state index in [1.54, 1.807) is 19.1 Å². The molecule has 0 saturated carbocycles. The van der Waals surface area contributed by atoms with Crippen LogP contribution in [0.3, 0.4) is 0 Å². The maximum absolute atomic E-state index is 12.1. The third kappa shape index (κ3) is 3.36. The number of ether oxygens (including phenoxy) is 1. The van der Waals surface area contributed by atoms with Gasteiger partial charge >= 0.3 is 0 Å². The summed E-state index contributed by atoms with van der Waals surface area (Å²) in [5, 5.41) is 7.92. The van der Waals surface area contributed by atoms with E-state index in [0.717, 1.165) is 0 Å². The number of primary sulfonamides is 1. The Morgan fingerprint density at radius 1 is 1.35 bits per heavy atom. The van der Waals surface area contributed by atoms with E-state index >= 15 is 0 Å². The minimum atomic E-state index is -3.79. The number of carbonyl (C=O) groups excluding carboxylic acids is 1. The second-order valence-corrected chi connectivity index (χ2v) is 6.38. The normalized spacial score (nSPS) is 16.9. The van der Waals surface area contributed by atoms with Crippen molar-refractivity contribution in [3.05, 3.63) is 23.8 Å². The molecule has 3 N–H and O–H groups in total. The first-order valence-corrected chi connectivity index (χ1v) is 7.95. The van der Waals surface area contributed by atoms with Crippen molar-refractivity contribution in [2.24, 2.45) is 11.1 Å². The quantitative estimate of drug-likeness (QED) is 0.870. The van der Waals surface area contributed by atoms with Crippen LogP contribution in [0.5, 0.6) is 0 Å². The van der Waals surface area contributed by atoms with Crippen molar-refractivity contribution < 1.29 is 17.9 Å². The first kappa shape index (κ1) is 15.0. The monoisotopic (exact) mass is 298 g/mol. The van der Waals surface area contributed by atoms with Crippen LogP contribution in [0, 0.1) is 12.8 Å². The Labute approximate surface area is 118 Å². The van der Waals surface area contributed by atoms with Crippen LogP contribution in [0.1, 0.15) is 18.4 Å². The number of rotatable bonds is 3. The molecular formula is C13H18N2O4S. The number of nitrogens with one attached hydrogen (secondary N) is 1. The molecule has 1 aliphatic rings. The van der Waals surface area contributed by atoms with Gasteiger partial charge < -0.3 is 10.1 Å². The van der Waals surface area contributed by atoms with Gasteiger partial charge in [-0.05, 0) is 37.5 Å². The topological polar surface area (TPSA) is 98.5 Å². The molecule has 0 aromatic heterocycles. The molecule has 1 aliphatic heterocycles. The standard InChI is InChI=1S/C13H18N2O4S/c1-9-11(3-2-4-12(9)20(14,17)18)15-13(16)10-5-7-19-8-6-10/h2-4,10H,5-8H2,1H3,(H,15,16)(H2,14,17,18). The van der Waals surface area contributed by atoms with Crippen LogP contribution >= 0.6 is 0 Å². The number of anilines is 1. The van der Waals surface area contributed by atoms with Crippen molar-refractivity contribution in [2.45, 2.75) is 24.7 Å². The lowest BCUT2D eigenvalue weighted by Crippen LogP contribution is -2.29. The van der Waals surface area contributed by atoms with E-state index in [4.69, 9.17) is 9.88 Å². The van der Waals surface area contributed by atoms with Gasteiger partial charge in [-0.2, -0.15) is 0 Å². The second kappa shape index (κ2) is 5.90.